The van der Waals surface area contributed by atoms with Crippen LogP contribution in [0.3, 0.4) is 0 Å². The monoisotopic (exact) mass is 232 g/mol. The molecule has 2 rings (SSSR count). The molecule has 1 atom stereocenters. The molecule has 4 nitrogen and oxygen atoms in total. The fourth-order valence-corrected chi connectivity index (χ4v) is 1.58. The van der Waals surface area contributed by atoms with E-state index in [2.05, 4.69) is 23.0 Å². The topological polar surface area (TPSA) is 54.7 Å². The van der Waals surface area contributed by atoms with Crippen molar-refractivity contribution in [1.82, 2.24) is 4.98 Å². The Hall–Kier alpha value is -1.68. The molecule has 0 radical (unpaired) electrons. The van der Waals surface area contributed by atoms with Gasteiger partial charge in [0.05, 0.1) is 31.6 Å². The highest BCUT2D eigenvalue weighted by Crippen LogP contribution is 2.22. The Morgan fingerprint density at radius 3 is 2.94 bits per heavy atom. The molecule has 0 aliphatic carbocycles. The van der Waals surface area contributed by atoms with Crippen molar-refractivity contribution in [1.29, 1.82) is 0 Å². The number of pyridine rings is 1. The molecule has 1 aromatic heterocycles. The van der Waals surface area contributed by atoms with Crippen molar-refractivity contribution in [2.75, 3.05) is 13.2 Å². The van der Waals surface area contributed by atoms with Gasteiger partial charge in [-0.3, -0.25) is 9.98 Å². The summed E-state index contributed by atoms with van der Waals surface area (Å²) in [7, 11) is 0. The number of aliphatic hydroxyl groups excluding tert-OH is 1. The number of aliphatic hydroxyl groups is 1. The van der Waals surface area contributed by atoms with E-state index in [9.17, 15) is 0 Å². The van der Waals surface area contributed by atoms with Crippen LogP contribution in [-0.4, -0.2) is 29.5 Å². The zero-order valence-electron chi connectivity index (χ0n) is 9.84. The minimum Gasteiger partial charge on any atom is -0.491 e. The quantitative estimate of drug-likeness (QED) is 0.857. The fraction of sp³-hybridized carbons (Fsp3) is 0.385. The molecule has 4 heteroatoms. The lowest BCUT2D eigenvalue weighted by molar-refractivity contribution is 0.210. The molecule has 0 aromatic carbocycles. The van der Waals surface area contributed by atoms with E-state index in [4.69, 9.17) is 9.84 Å². The van der Waals surface area contributed by atoms with Crippen LogP contribution >= 0.6 is 0 Å². The zero-order valence-corrected chi connectivity index (χ0v) is 9.84. The van der Waals surface area contributed by atoms with Crippen molar-refractivity contribution in [2.24, 2.45) is 10.4 Å². The van der Waals surface area contributed by atoms with Crippen molar-refractivity contribution in [3.8, 4) is 5.75 Å². The number of allylic oxidation sites excluding steroid dienone is 1. The van der Waals surface area contributed by atoms with Crippen LogP contribution in [0.15, 0.2) is 35.5 Å². The normalized spacial score (nSPS) is 22.7. The molecule has 0 spiro atoms. The fourth-order valence-electron chi connectivity index (χ4n) is 1.58. The van der Waals surface area contributed by atoms with Crippen molar-refractivity contribution < 1.29 is 9.84 Å². The van der Waals surface area contributed by atoms with Crippen LogP contribution in [0.1, 0.15) is 12.6 Å². The number of aromatic nitrogens is 1. The van der Waals surface area contributed by atoms with Gasteiger partial charge in [0.1, 0.15) is 5.75 Å². The van der Waals surface area contributed by atoms with Crippen molar-refractivity contribution >= 4 is 6.21 Å². The largest absolute Gasteiger partial charge is 0.491 e. The molecule has 1 aliphatic heterocycles. The van der Waals surface area contributed by atoms with Crippen molar-refractivity contribution in [3.63, 3.8) is 0 Å². The van der Waals surface area contributed by atoms with Crippen LogP contribution in [0.2, 0.25) is 0 Å². The summed E-state index contributed by atoms with van der Waals surface area (Å²) in [6.07, 6.45) is 7.49. The lowest BCUT2D eigenvalue weighted by Crippen LogP contribution is -2.27. The Balaban J connectivity index is 1.93. The maximum Gasteiger partial charge on any atom is 0.137 e. The molecular weight excluding hydrogens is 216 g/mol. The average molecular weight is 232 g/mol. The maximum atomic E-state index is 8.87. The van der Waals surface area contributed by atoms with E-state index in [1.165, 1.54) is 0 Å². The summed E-state index contributed by atoms with van der Waals surface area (Å²) in [5.41, 5.74) is 0.593. The van der Waals surface area contributed by atoms with Crippen LogP contribution in [0.5, 0.6) is 5.75 Å². The Morgan fingerprint density at radius 1 is 1.47 bits per heavy atom. The first-order valence-electron chi connectivity index (χ1n) is 5.58. The number of aliphatic imine (C=N–C) groups is 1. The summed E-state index contributed by atoms with van der Waals surface area (Å²) in [6, 6.07) is 3.57. The van der Waals surface area contributed by atoms with Crippen LogP contribution in [0, 0.1) is 5.41 Å². The Kier molecular flexibility index (Phi) is 3.54. The highest BCUT2D eigenvalue weighted by atomic mass is 16.5. The molecule has 17 heavy (non-hydrogen) atoms. The average Bonchev–Trinajstić information content (AvgIpc) is 2.38. The van der Waals surface area contributed by atoms with E-state index in [-0.39, 0.29) is 12.0 Å². The van der Waals surface area contributed by atoms with Gasteiger partial charge in [-0.25, -0.2) is 0 Å². The van der Waals surface area contributed by atoms with Gasteiger partial charge in [0.25, 0.3) is 0 Å². The summed E-state index contributed by atoms with van der Waals surface area (Å²) in [4.78, 5) is 8.29. The second-order valence-electron chi connectivity index (χ2n) is 4.43. The molecule has 0 saturated heterocycles. The number of nitrogens with zero attached hydrogens (tertiary/aromatic N) is 2. The molecule has 0 bridgehead atoms. The van der Waals surface area contributed by atoms with Crippen LogP contribution in [0.25, 0.3) is 0 Å². The van der Waals surface area contributed by atoms with Gasteiger partial charge in [-0.2, -0.15) is 0 Å². The summed E-state index contributed by atoms with van der Waals surface area (Å²) < 4.78 is 5.68. The van der Waals surface area contributed by atoms with Gasteiger partial charge in [0, 0.05) is 11.6 Å². The molecule has 1 aromatic rings. The third-order valence-corrected chi connectivity index (χ3v) is 2.67. The molecule has 0 fully saturated rings. The molecule has 1 aliphatic rings. The zero-order chi connectivity index (χ0) is 12.1. The van der Waals surface area contributed by atoms with E-state index < -0.39 is 0 Å². The first kappa shape index (κ1) is 11.8. The SMILES string of the molecule is CC1(COc2ccc(CO)nc2)C=CC=NC1. The van der Waals surface area contributed by atoms with Crippen LogP contribution < -0.4 is 4.74 Å². The molecular formula is C13H16N2O2. The molecule has 0 amide bonds. The minimum absolute atomic E-state index is 0.0462. The van der Waals surface area contributed by atoms with E-state index in [1.807, 2.05) is 12.1 Å². The summed E-state index contributed by atoms with van der Waals surface area (Å²) in [5.74, 6) is 0.714. The van der Waals surface area contributed by atoms with Crippen LogP contribution in [0.4, 0.5) is 0 Å². The highest BCUT2D eigenvalue weighted by Gasteiger charge is 2.22. The van der Waals surface area contributed by atoms with E-state index in [0.29, 0.717) is 18.1 Å². The van der Waals surface area contributed by atoms with Crippen molar-refractivity contribution in [3.05, 3.63) is 36.2 Å². The van der Waals surface area contributed by atoms with Gasteiger partial charge >= 0.3 is 0 Å². The minimum atomic E-state index is -0.0512. The van der Waals surface area contributed by atoms with Gasteiger partial charge in [-0.05, 0) is 18.2 Å². The van der Waals surface area contributed by atoms with Gasteiger partial charge in [0.2, 0.25) is 0 Å². The first-order chi connectivity index (χ1) is 8.22. The molecule has 1 unspecified atom stereocenters. The number of dihydropyridines is 1. The summed E-state index contributed by atoms with van der Waals surface area (Å²) >= 11 is 0. The second kappa shape index (κ2) is 5.10. The Labute approximate surface area is 101 Å². The van der Waals surface area contributed by atoms with Gasteiger partial charge in [0.15, 0.2) is 0 Å². The standard InChI is InChI=1S/C13H16N2O2/c1-13(5-2-6-14-9-13)10-17-12-4-3-11(8-16)15-7-12/h2-7,16H,8-10H2,1H3. The third kappa shape index (κ3) is 3.14. The summed E-state index contributed by atoms with van der Waals surface area (Å²) in [6.45, 7) is 3.37. The molecule has 0 saturated carbocycles. The predicted molar refractivity (Wildman–Crippen MR) is 66.3 cm³/mol. The highest BCUT2D eigenvalue weighted by molar-refractivity contribution is 5.72. The van der Waals surface area contributed by atoms with Crippen molar-refractivity contribution in [2.45, 2.75) is 13.5 Å². The lowest BCUT2D eigenvalue weighted by atomic mass is 9.90. The number of rotatable bonds is 4. The van der Waals surface area contributed by atoms with Gasteiger partial charge < -0.3 is 9.84 Å². The van der Waals surface area contributed by atoms with E-state index in [0.717, 1.165) is 6.54 Å². The molecule has 90 valence electrons. The van der Waals surface area contributed by atoms with E-state index >= 15 is 0 Å². The van der Waals surface area contributed by atoms with Crippen LogP contribution in [-0.2, 0) is 6.61 Å². The predicted octanol–water partition coefficient (Wildman–Crippen LogP) is 1.60. The van der Waals surface area contributed by atoms with Gasteiger partial charge in [-0.15, -0.1) is 0 Å². The summed E-state index contributed by atoms with van der Waals surface area (Å²) in [5, 5.41) is 8.87. The lowest BCUT2D eigenvalue weighted by Gasteiger charge is -2.25. The first-order valence-corrected chi connectivity index (χ1v) is 5.58. The Morgan fingerprint density at radius 2 is 2.35 bits per heavy atom. The maximum absolute atomic E-state index is 8.87. The number of hydrogen-bond donors (Lipinski definition) is 1. The second-order valence-corrected chi connectivity index (χ2v) is 4.43. The smallest absolute Gasteiger partial charge is 0.137 e. The third-order valence-electron chi connectivity index (χ3n) is 2.67. The molecule has 1 N–H and O–H groups in total. The Bertz CT molecular complexity index is 426. The number of hydrogen-bond acceptors (Lipinski definition) is 4. The van der Waals surface area contributed by atoms with E-state index in [1.54, 1.807) is 18.5 Å². The molecule has 2 heterocycles. The number of ether oxygens (including phenoxy) is 1. The van der Waals surface area contributed by atoms with Gasteiger partial charge in [-0.1, -0.05) is 13.0 Å².